The van der Waals surface area contributed by atoms with Gasteiger partial charge in [0, 0.05) is 5.56 Å². The van der Waals surface area contributed by atoms with Crippen molar-refractivity contribution in [2.75, 3.05) is 0 Å². The molecule has 3 aromatic rings. The third-order valence-corrected chi connectivity index (χ3v) is 3.06. The van der Waals surface area contributed by atoms with Gasteiger partial charge in [-0.15, -0.1) is 0 Å². The smallest absolute Gasteiger partial charge is 0.166 e. The van der Waals surface area contributed by atoms with Gasteiger partial charge in [-0.25, -0.2) is 0 Å². The normalized spacial score (nSPS) is 10.7. The predicted molar refractivity (Wildman–Crippen MR) is 72.7 cm³/mol. The molecule has 0 spiro atoms. The monoisotopic (exact) mass is 236 g/mol. The summed E-state index contributed by atoms with van der Waals surface area (Å²) >= 11 is 0. The van der Waals surface area contributed by atoms with Crippen LogP contribution in [0.4, 0.5) is 0 Å². The molecule has 2 nitrogen and oxygen atoms in total. The first-order valence-corrected chi connectivity index (χ1v) is 5.76. The van der Waals surface area contributed by atoms with Crippen LogP contribution in [-0.4, -0.2) is 10.2 Å². The topological polar surface area (TPSA) is 40.5 Å². The second-order valence-corrected chi connectivity index (χ2v) is 4.21. The minimum absolute atomic E-state index is 0.0695. The van der Waals surface area contributed by atoms with Crippen molar-refractivity contribution in [1.82, 2.24) is 0 Å². The Morgan fingerprint density at radius 3 is 2.17 bits per heavy atom. The Bertz CT molecular complexity index is 703. The third-order valence-electron chi connectivity index (χ3n) is 3.06. The van der Waals surface area contributed by atoms with E-state index in [-0.39, 0.29) is 11.5 Å². The van der Waals surface area contributed by atoms with Gasteiger partial charge in [-0.1, -0.05) is 54.6 Å². The summed E-state index contributed by atoms with van der Waals surface area (Å²) in [5, 5.41) is 21.7. The van der Waals surface area contributed by atoms with E-state index in [0.717, 1.165) is 16.3 Å². The molecule has 3 rings (SSSR count). The molecule has 2 heteroatoms. The van der Waals surface area contributed by atoms with Crippen molar-refractivity contribution in [2.24, 2.45) is 0 Å². The van der Waals surface area contributed by atoms with E-state index in [0.29, 0.717) is 5.56 Å². The first-order valence-electron chi connectivity index (χ1n) is 5.76. The standard InChI is InChI=1S/C16H12O2/c17-14-10-12-8-4-5-9-13(12)15(16(14)18)11-6-2-1-3-7-11/h1-10,17-18H. The Morgan fingerprint density at radius 1 is 0.722 bits per heavy atom. The maximum Gasteiger partial charge on any atom is 0.166 e. The molecule has 0 aliphatic heterocycles. The van der Waals surface area contributed by atoms with Crippen LogP contribution in [0.1, 0.15) is 0 Å². The Balaban J connectivity index is 2.43. The minimum Gasteiger partial charge on any atom is -0.504 e. The predicted octanol–water partition coefficient (Wildman–Crippen LogP) is 3.92. The number of hydrogen-bond acceptors (Lipinski definition) is 2. The van der Waals surface area contributed by atoms with E-state index in [2.05, 4.69) is 0 Å². The SMILES string of the molecule is Oc1cc2ccccc2c(-c2ccccc2)c1O. The van der Waals surface area contributed by atoms with E-state index in [9.17, 15) is 10.2 Å². The fraction of sp³-hybridized carbons (Fsp3) is 0. The van der Waals surface area contributed by atoms with Gasteiger partial charge >= 0.3 is 0 Å². The zero-order valence-electron chi connectivity index (χ0n) is 9.67. The Hall–Kier alpha value is -2.48. The quantitative estimate of drug-likeness (QED) is 0.629. The van der Waals surface area contributed by atoms with Crippen molar-refractivity contribution in [3.63, 3.8) is 0 Å². The highest BCUT2D eigenvalue weighted by Crippen LogP contribution is 2.42. The highest BCUT2D eigenvalue weighted by atomic mass is 16.3. The van der Waals surface area contributed by atoms with Gasteiger partial charge in [0.1, 0.15) is 0 Å². The van der Waals surface area contributed by atoms with Crippen LogP contribution in [0.15, 0.2) is 60.7 Å². The summed E-state index contributed by atoms with van der Waals surface area (Å²) in [5.74, 6) is -0.160. The molecule has 0 radical (unpaired) electrons. The van der Waals surface area contributed by atoms with Gasteiger partial charge in [0.25, 0.3) is 0 Å². The lowest BCUT2D eigenvalue weighted by molar-refractivity contribution is 0.406. The molecule has 0 unspecified atom stereocenters. The average Bonchev–Trinajstić information content (AvgIpc) is 2.41. The maximum absolute atomic E-state index is 10.1. The first-order chi connectivity index (χ1) is 8.77. The lowest BCUT2D eigenvalue weighted by Crippen LogP contribution is -1.83. The van der Waals surface area contributed by atoms with Crippen LogP contribution >= 0.6 is 0 Å². The van der Waals surface area contributed by atoms with Gasteiger partial charge in [0.05, 0.1) is 0 Å². The second kappa shape index (κ2) is 4.08. The molecule has 88 valence electrons. The Labute approximate surface area is 105 Å². The summed E-state index contributed by atoms with van der Waals surface area (Å²) in [5.41, 5.74) is 1.56. The van der Waals surface area contributed by atoms with Gasteiger partial charge in [0.2, 0.25) is 0 Å². The van der Waals surface area contributed by atoms with Gasteiger partial charge in [0.15, 0.2) is 11.5 Å². The molecule has 0 saturated heterocycles. The zero-order valence-corrected chi connectivity index (χ0v) is 9.67. The number of aromatic hydroxyl groups is 2. The summed E-state index contributed by atoms with van der Waals surface area (Å²) < 4.78 is 0. The molecule has 3 aromatic carbocycles. The molecule has 0 heterocycles. The average molecular weight is 236 g/mol. The van der Waals surface area contributed by atoms with Crippen molar-refractivity contribution in [3.05, 3.63) is 60.7 Å². The molecule has 0 aliphatic rings. The van der Waals surface area contributed by atoms with Crippen molar-refractivity contribution < 1.29 is 10.2 Å². The lowest BCUT2D eigenvalue weighted by Gasteiger charge is -2.11. The van der Waals surface area contributed by atoms with E-state index < -0.39 is 0 Å². The second-order valence-electron chi connectivity index (χ2n) is 4.21. The van der Waals surface area contributed by atoms with Crippen LogP contribution in [0, 0.1) is 0 Å². The Kier molecular flexibility index (Phi) is 2.41. The molecule has 0 bridgehead atoms. The molecule has 0 atom stereocenters. The molecule has 18 heavy (non-hydrogen) atoms. The van der Waals surface area contributed by atoms with E-state index in [1.807, 2.05) is 54.6 Å². The van der Waals surface area contributed by atoms with Crippen molar-refractivity contribution in [1.29, 1.82) is 0 Å². The lowest BCUT2D eigenvalue weighted by atomic mass is 9.97. The molecule has 0 aliphatic carbocycles. The third kappa shape index (κ3) is 1.59. The van der Waals surface area contributed by atoms with Gasteiger partial charge in [-0.05, 0) is 22.4 Å². The summed E-state index contributed by atoms with van der Waals surface area (Å²) in [7, 11) is 0. The summed E-state index contributed by atoms with van der Waals surface area (Å²) in [6.45, 7) is 0. The van der Waals surface area contributed by atoms with Crippen LogP contribution in [0.3, 0.4) is 0 Å². The summed E-state index contributed by atoms with van der Waals surface area (Å²) in [6, 6.07) is 18.8. The molecule has 0 aromatic heterocycles. The van der Waals surface area contributed by atoms with Gasteiger partial charge in [-0.3, -0.25) is 0 Å². The fourth-order valence-electron chi connectivity index (χ4n) is 2.22. The summed E-state index contributed by atoms with van der Waals surface area (Å²) in [6.07, 6.45) is 0. The Morgan fingerprint density at radius 2 is 1.39 bits per heavy atom. The van der Waals surface area contributed by atoms with Crippen molar-refractivity contribution in [3.8, 4) is 22.6 Å². The van der Waals surface area contributed by atoms with E-state index >= 15 is 0 Å². The fourth-order valence-corrected chi connectivity index (χ4v) is 2.22. The molecular formula is C16H12O2. The largest absolute Gasteiger partial charge is 0.504 e. The zero-order chi connectivity index (χ0) is 12.5. The highest BCUT2D eigenvalue weighted by molar-refractivity contribution is 6.01. The molecule has 0 amide bonds. The van der Waals surface area contributed by atoms with Crippen LogP contribution in [0.2, 0.25) is 0 Å². The van der Waals surface area contributed by atoms with Crippen LogP contribution in [0.25, 0.3) is 21.9 Å². The minimum atomic E-state index is -0.0902. The van der Waals surface area contributed by atoms with Gasteiger partial charge < -0.3 is 10.2 Å². The van der Waals surface area contributed by atoms with Crippen LogP contribution in [0.5, 0.6) is 11.5 Å². The first kappa shape index (κ1) is 10.7. The highest BCUT2D eigenvalue weighted by Gasteiger charge is 2.13. The maximum atomic E-state index is 10.1. The van der Waals surface area contributed by atoms with E-state index in [1.54, 1.807) is 6.07 Å². The number of fused-ring (bicyclic) bond motifs is 1. The van der Waals surface area contributed by atoms with E-state index in [1.165, 1.54) is 0 Å². The number of phenols is 2. The van der Waals surface area contributed by atoms with Crippen LogP contribution in [-0.2, 0) is 0 Å². The molecular weight excluding hydrogens is 224 g/mol. The number of hydrogen-bond donors (Lipinski definition) is 2. The number of benzene rings is 3. The summed E-state index contributed by atoms with van der Waals surface area (Å²) in [4.78, 5) is 0. The number of phenolic OH excluding ortho intramolecular Hbond substituents is 2. The molecule has 0 fully saturated rings. The van der Waals surface area contributed by atoms with Gasteiger partial charge in [-0.2, -0.15) is 0 Å². The molecule has 0 saturated carbocycles. The number of rotatable bonds is 1. The van der Waals surface area contributed by atoms with Crippen molar-refractivity contribution in [2.45, 2.75) is 0 Å². The van der Waals surface area contributed by atoms with Crippen LogP contribution < -0.4 is 0 Å². The van der Waals surface area contributed by atoms with E-state index in [4.69, 9.17) is 0 Å². The van der Waals surface area contributed by atoms with Crippen molar-refractivity contribution >= 4 is 10.8 Å². The molecule has 2 N–H and O–H groups in total.